The van der Waals surface area contributed by atoms with Crippen LogP contribution in [0, 0.1) is 5.82 Å². The first-order valence-corrected chi connectivity index (χ1v) is 13.0. The van der Waals surface area contributed by atoms with E-state index in [1.807, 2.05) is 60.7 Å². The minimum Gasteiger partial charge on any atom is -0.496 e. The number of halogens is 1. The minimum atomic E-state index is -1.03. The largest absolute Gasteiger partial charge is 0.496 e. The summed E-state index contributed by atoms with van der Waals surface area (Å²) in [6.45, 7) is 1.49. The van der Waals surface area contributed by atoms with Gasteiger partial charge in [-0.25, -0.2) is 9.18 Å². The fraction of sp³-hybridized carbons (Fsp3) is 0.226. The zero-order valence-corrected chi connectivity index (χ0v) is 22.0. The molecule has 206 valence electrons. The lowest BCUT2D eigenvalue weighted by atomic mass is 9.98. The van der Waals surface area contributed by atoms with Crippen molar-refractivity contribution in [2.45, 2.75) is 19.3 Å². The van der Waals surface area contributed by atoms with Gasteiger partial charge in [-0.1, -0.05) is 60.7 Å². The van der Waals surface area contributed by atoms with E-state index in [0.717, 1.165) is 11.1 Å². The quantitative estimate of drug-likeness (QED) is 0.281. The highest BCUT2D eigenvalue weighted by molar-refractivity contribution is 5.75. The van der Waals surface area contributed by atoms with E-state index in [4.69, 9.17) is 14.2 Å². The molecule has 4 aromatic rings. The topological polar surface area (TPSA) is 93.2 Å². The maximum absolute atomic E-state index is 15.6. The van der Waals surface area contributed by atoms with Gasteiger partial charge in [0.2, 0.25) is 11.8 Å². The highest BCUT2D eigenvalue weighted by Gasteiger charge is 2.28. The first kappa shape index (κ1) is 27.0. The highest BCUT2D eigenvalue weighted by Crippen LogP contribution is 2.40. The number of carboxylic acid groups (broad SMARTS) is 1. The molecule has 2 heterocycles. The van der Waals surface area contributed by atoms with Gasteiger partial charge < -0.3 is 29.5 Å². The Labute approximate surface area is 232 Å². The molecule has 1 aliphatic heterocycles. The first-order chi connectivity index (χ1) is 19.5. The van der Waals surface area contributed by atoms with E-state index in [-0.39, 0.29) is 19.0 Å². The molecule has 9 heteroatoms. The standard InChI is InChI=1S/C31H30FN3O5/c1-38-28-17-25(27-18-35(31(36)37)15-14-33-27)26(32)16-24(28)23-12-13-29(39-19-21-8-4-2-5-9-21)34-30(23)40-20-22-10-6-3-7-11-22/h2-13,16-17,27,33H,14-15,18-20H2,1H3,(H,36,37). The second kappa shape index (κ2) is 12.5. The Hall–Kier alpha value is -4.63. The molecular formula is C31H30FN3O5. The molecule has 1 atom stereocenters. The Morgan fingerprint density at radius 3 is 2.30 bits per heavy atom. The molecular weight excluding hydrogens is 513 g/mol. The van der Waals surface area contributed by atoms with Gasteiger partial charge >= 0.3 is 6.09 Å². The average Bonchev–Trinajstić information content (AvgIpc) is 3.00. The van der Waals surface area contributed by atoms with Gasteiger partial charge in [-0.05, 0) is 29.3 Å². The van der Waals surface area contributed by atoms with Crippen LogP contribution in [-0.4, -0.2) is 47.8 Å². The molecule has 0 bridgehead atoms. The van der Waals surface area contributed by atoms with E-state index >= 15 is 4.39 Å². The maximum Gasteiger partial charge on any atom is 0.407 e. The Morgan fingerprint density at radius 2 is 1.65 bits per heavy atom. The van der Waals surface area contributed by atoms with Crippen LogP contribution in [0.15, 0.2) is 84.9 Å². The summed E-state index contributed by atoms with van der Waals surface area (Å²) in [5, 5.41) is 12.6. The Kier molecular flexibility index (Phi) is 8.41. The number of ether oxygens (including phenoxy) is 3. The van der Waals surface area contributed by atoms with Crippen molar-refractivity contribution in [1.29, 1.82) is 0 Å². The number of amides is 1. The Bertz CT molecular complexity index is 1450. The number of rotatable bonds is 9. The van der Waals surface area contributed by atoms with Crippen LogP contribution in [0.4, 0.5) is 9.18 Å². The molecule has 1 aliphatic rings. The fourth-order valence-corrected chi connectivity index (χ4v) is 4.62. The second-order valence-corrected chi connectivity index (χ2v) is 9.36. The van der Waals surface area contributed by atoms with Crippen LogP contribution >= 0.6 is 0 Å². The number of benzene rings is 3. The molecule has 1 aromatic heterocycles. The van der Waals surface area contributed by atoms with Gasteiger partial charge in [-0.3, -0.25) is 0 Å². The van der Waals surface area contributed by atoms with Gasteiger partial charge in [0.25, 0.3) is 0 Å². The predicted molar refractivity (Wildman–Crippen MR) is 148 cm³/mol. The monoisotopic (exact) mass is 543 g/mol. The Morgan fingerprint density at radius 1 is 0.975 bits per heavy atom. The van der Waals surface area contributed by atoms with Crippen LogP contribution in [-0.2, 0) is 13.2 Å². The number of methoxy groups -OCH3 is 1. The zero-order valence-electron chi connectivity index (χ0n) is 22.0. The van der Waals surface area contributed by atoms with Crippen molar-refractivity contribution in [3.05, 3.63) is 107 Å². The maximum atomic E-state index is 15.6. The SMILES string of the molecule is COc1cc(C2CN(C(=O)O)CCN2)c(F)cc1-c1ccc(OCc2ccccc2)nc1OCc1ccccc1. The van der Waals surface area contributed by atoms with Crippen LogP contribution in [0.25, 0.3) is 11.1 Å². The minimum absolute atomic E-state index is 0.134. The molecule has 0 radical (unpaired) electrons. The van der Waals surface area contributed by atoms with E-state index in [9.17, 15) is 9.90 Å². The van der Waals surface area contributed by atoms with Crippen molar-refractivity contribution in [2.24, 2.45) is 0 Å². The third-order valence-electron chi connectivity index (χ3n) is 6.71. The van der Waals surface area contributed by atoms with E-state index < -0.39 is 18.0 Å². The average molecular weight is 544 g/mol. The third-order valence-corrected chi connectivity index (χ3v) is 6.71. The molecule has 0 saturated carbocycles. The van der Waals surface area contributed by atoms with E-state index in [1.54, 1.807) is 18.2 Å². The molecule has 40 heavy (non-hydrogen) atoms. The lowest BCUT2D eigenvalue weighted by Crippen LogP contribution is -2.48. The number of piperazine rings is 1. The molecule has 2 N–H and O–H groups in total. The smallest absolute Gasteiger partial charge is 0.407 e. The van der Waals surface area contributed by atoms with E-state index in [2.05, 4.69) is 10.3 Å². The number of nitrogens with one attached hydrogen (secondary N) is 1. The van der Waals surface area contributed by atoms with Gasteiger partial charge in [-0.15, -0.1) is 0 Å². The molecule has 8 nitrogen and oxygen atoms in total. The third kappa shape index (κ3) is 6.32. The summed E-state index contributed by atoms with van der Waals surface area (Å²) in [4.78, 5) is 17.4. The zero-order chi connectivity index (χ0) is 27.9. The number of carbonyl (C=O) groups is 1. The summed E-state index contributed by atoms with van der Waals surface area (Å²) < 4.78 is 33.3. The fourth-order valence-electron chi connectivity index (χ4n) is 4.62. The normalized spacial score (nSPS) is 14.9. The number of nitrogens with zero attached hydrogens (tertiary/aromatic N) is 2. The summed E-state index contributed by atoms with van der Waals surface area (Å²) in [6, 6.07) is 25.4. The van der Waals surface area contributed by atoms with Gasteiger partial charge in [-0.2, -0.15) is 4.98 Å². The molecule has 1 fully saturated rings. The highest BCUT2D eigenvalue weighted by atomic mass is 19.1. The van der Waals surface area contributed by atoms with Gasteiger partial charge in [0, 0.05) is 42.4 Å². The molecule has 1 saturated heterocycles. The van der Waals surface area contributed by atoms with Gasteiger partial charge in [0.15, 0.2) is 0 Å². The van der Waals surface area contributed by atoms with Crippen LogP contribution in [0.3, 0.4) is 0 Å². The number of hydrogen-bond donors (Lipinski definition) is 2. The van der Waals surface area contributed by atoms with Crippen molar-refractivity contribution in [3.8, 4) is 28.6 Å². The summed E-state index contributed by atoms with van der Waals surface area (Å²) in [5.74, 6) is 0.563. The van der Waals surface area contributed by atoms with Crippen LogP contribution < -0.4 is 19.5 Å². The Balaban J connectivity index is 1.47. The molecule has 0 aliphatic carbocycles. The van der Waals surface area contributed by atoms with Crippen LogP contribution in [0.2, 0.25) is 0 Å². The van der Waals surface area contributed by atoms with Gasteiger partial charge in [0.05, 0.1) is 13.2 Å². The summed E-state index contributed by atoms with van der Waals surface area (Å²) in [5.41, 5.74) is 3.27. The lowest BCUT2D eigenvalue weighted by molar-refractivity contribution is 0.128. The molecule has 1 unspecified atom stereocenters. The van der Waals surface area contributed by atoms with Crippen molar-refractivity contribution < 1.29 is 28.5 Å². The van der Waals surface area contributed by atoms with Crippen LogP contribution in [0.5, 0.6) is 17.5 Å². The number of aromatic nitrogens is 1. The predicted octanol–water partition coefficient (Wildman–Crippen LogP) is 5.68. The lowest BCUT2D eigenvalue weighted by Gasteiger charge is -2.32. The summed E-state index contributed by atoms with van der Waals surface area (Å²) >= 11 is 0. The first-order valence-electron chi connectivity index (χ1n) is 13.0. The summed E-state index contributed by atoms with van der Waals surface area (Å²) in [6.07, 6.45) is -1.03. The van der Waals surface area contributed by atoms with Crippen molar-refractivity contribution in [2.75, 3.05) is 26.7 Å². The molecule has 5 rings (SSSR count). The van der Waals surface area contributed by atoms with E-state index in [0.29, 0.717) is 48.0 Å². The van der Waals surface area contributed by atoms with Crippen molar-refractivity contribution in [3.63, 3.8) is 0 Å². The van der Waals surface area contributed by atoms with Gasteiger partial charge in [0.1, 0.15) is 24.8 Å². The van der Waals surface area contributed by atoms with E-state index in [1.165, 1.54) is 18.1 Å². The molecule has 3 aromatic carbocycles. The van der Waals surface area contributed by atoms with Crippen molar-refractivity contribution in [1.82, 2.24) is 15.2 Å². The number of pyridine rings is 1. The van der Waals surface area contributed by atoms with Crippen LogP contribution in [0.1, 0.15) is 22.7 Å². The molecule has 1 amide bonds. The van der Waals surface area contributed by atoms with Crippen molar-refractivity contribution >= 4 is 6.09 Å². The molecule has 0 spiro atoms. The second-order valence-electron chi connectivity index (χ2n) is 9.36. The number of hydrogen-bond acceptors (Lipinski definition) is 6. The summed E-state index contributed by atoms with van der Waals surface area (Å²) in [7, 11) is 1.51.